The number of benzene rings is 2. The Hall–Kier alpha value is -3.84. The van der Waals surface area contributed by atoms with Crippen molar-refractivity contribution in [2.45, 2.75) is 30.9 Å². The molecule has 1 aromatic heterocycles. The molecule has 7 heteroatoms. The Bertz CT molecular complexity index is 1150. The molecule has 2 aromatic carbocycles. The largest absolute Gasteiger partial charge is 0.387 e. The third-order valence-electron chi connectivity index (χ3n) is 6.33. The summed E-state index contributed by atoms with van der Waals surface area (Å²) in [6.45, 7) is 0.210. The Morgan fingerprint density at radius 1 is 1.03 bits per heavy atom. The van der Waals surface area contributed by atoms with Gasteiger partial charge in [0.05, 0.1) is 24.6 Å². The highest BCUT2D eigenvalue weighted by Crippen LogP contribution is 2.41. The number of carbonyl (C=O) groups excluding carboxylic acids is 3. The van der Waals surface area contributed by atoms with E-state index in [1.165, 1.54) is 9.80 Å². The van der Waals surface area contributed by atoms with Gasteiger partial charge in [0, 0.05) is 32.3 Å². The molecule has 2 heterocycles. The number of rotatable bonds is 8. The molecule has 3 aromatic rings. The normalized spacial score (nSPS) is 18.7. The first kappa shape index (κ1) is 23.3. The number of aliphatic hydroxyl groups excluding tert-OH is 1. The van der Waals surface area contributed by atoms with Crippen molar-refractivity contribution in [2.24, 2.45) is 0 Å². The van der Waals surface area contributed by atoms with Crippen LogP contribution in [0.2, 0.25) is 0 Å². The first-order chi connectivity index (χ1) is 16.4. The third-order valence-corrected chi connectivity index (χ3v) is 6.33. The number of carbonyl (C=O) groups is 3. The van der Waals surface area contributed by atoms with E-state index in [1.807, 2.05) is 24.3 Å². The first-order valence-corrected chi connectivity index (χ1v) is 11.2. The second-order valence-electron chi connectivity index (χ2n) is 8.64. The van der Waals surface area contributed by atoms with Crippen LogP contribution in [0.4, 0.5) is 0 Å². The Labute approximate surface area is 198 Å². The average molecular weight is 458 g/mol. The van der Waals surface area contributed by atoms with Gasteiger partial charge in [-0.25, -0.2) is 0 Å². The van der Waals surface area contributed by atoms with Crippen LogP contribution in [0, 0.1) is 0 Å². The fourth-order valence-electron chi connectivity index (χ4n) is 4.39. The fraction of sp³-hybridized carbons (Fsp3) is 0.259. The van der Waals surface area contributed by atoms with E-state index < -0.39 is 11.5 Å². The lowest BCUT2D eigenvalue weighted by atomic mass is 9.75. The van der Waals surface area contributed by atoms with Gasteiger partial charge in [-0.05, 0) is 28.8 Å². The highest BCUT2D eigenvalue weighted by molar-refractivity contribution is 6.10. The van der Waals surface area contributed by atoms with Crippen LogP contribution in [0.25, 0.3) is 0 Å². The molecule has 7 nitrogen and oxygen atoms in total. The smallest absolute Gasteiger partial charge is 0.241 e. The van der Waals surface area contributed by atoms with Gasteiger partial charge >= 0.3 is 0 Å². The minimum absolute atomic E-state index is 0.0799. The van der Waals surface area contributed by atoms with Gasteiger partial charge < -0.3 is 10.0 Å². The third kappa shape index (κ3) is 4.75. The number of hydrogen-bond acceptors (Lipinski definition) is 5. The molecule has 0 spiro atoms. The Balaban J connectivity index is 1.57. The Morgan fingerprint density at radius 2 is 1.65 bits per heavy atom. The summed E-state index contributed by atoms with van der Waals surface area (Å²) in [6, 6.07) is 21.6. The van der Waals surface area contributed by atoms with E-state index in [4.69, 9.17) is 0 Å². The van der Waals surface area contributed by atoms with Gasteiger partial charge in [-0.3, -0.25) is 24.3 Å². The van der Waals surface area contributed by atoms with Gasteiger partial charge in [0.1, 0.15) is 0 Å². The minimum Gasteiger partial charge on any atom is -0.387 e. The molecule has 4 rings (SSSR count). The number of likely N-dealkylation sites (tertiary alicyclic amines) is 1. The van der Waals surface area contributed by atoms with Crippen molar-refractivity contribution in [3.8, 4) is 0 Å². The molecule has 1 saturated heterocycles. The lowest BCUT2D eigenvalue weighted by Crippen LogP contribution is -2.43. The van der Waals surface area contributed by atoms with Crippen molar-refractivity contribution < 1.29 is 19.5 Å². The van der Waals surface area contributed by atoms with Crippen LogP contribution < -0.4 is 0 Å². The molecule has 34 heavy (non-hydrogen) atoms. The van der Waals surface area contributed by atoms with E-state index in [1.54, 1.807) is 68.0 Å². The quantitative estimate of drug-likeness (QED) is 0.526. The predicted molar refractivity (Wildman–Crippen MR) is 126 cm³/mol. The SMILES string of the molecule is CN(C[C@@H](O)c1ccccc1)C(=O)C[C@]1(c2ccccc2)CC(=O)N(Cc2ccncc2)C1=O. The van der Waals surface area contributed by atoms with E-state index >= 15 is 0 Å². The number of likely N-dealkylation sites (N-methyl/N-ethyl adjacent to an activating group) is 1. The van der Waals surface area contributed by atoms with Crippen LogP contribution in [0.1, 0.15) is 35.6 Å². The minimum atomic E-state index is -1.28. The topological polar surface area (TPSA) is 90.8 Å². The summed E-state index contributed by atoms with van der Waals surface area (Å²) in [5, 5.41) is 10.6. The van der Waals surface area contributed by atoms with Crippen molar-refractivity contribution >= 4 is 17.7 Å². The summed E-state index contributed by atoms with van der Waals surface area (Å²) in [5.41, 5.74) is 0.843. The molecule has 1 N–H and O–H groups in total. The molecule has 3 amide bonds. The van der Waals surface area contributed by atoms with Crippen LogP contribution in [0.5, 0.6) is 0 Å². The highest BCUT2D eigenvalue weighted by Gasteiger charge is 2.53. The number of hydrogen-bond donors (Lipinski definition) is 1. The van der Waals surface area contributed by atoms with Crippen LogP contribution in [0.15, 0.2) is 85.2 Å². The molecular formula is C27H27N3O4. The van der Waals surface area contributed by atoms with Gasteiger partial charge in [0.25, 0.3) is 0 Å². The number of nitrogens with zero attached hydrogens (tertiary/aromatic N) is 3. The van der Waals surface area contributed by atoms with Gasteiger partial charge in [-0.2, -0.15) is 0 Å². The zero-order chi connectivity index (χ0) is 24.1. The van der Waals surface area contributed by atoms with Gasteiger partial charge in [-0.1, -0.05) is 60.7 Å². The monoisotopic (exact) mass is 457 g/mol. The second-order valence-corrected chi connectivity index (χ2v) is 8.64. The molecule has 0 saturated carbocycles. The molecule has 1 aliphatic heterocycles. The summed E-state index contributed by atoms with van der Waals surface area (Å²) in [6.07, 6.45) is 2.13. The maximum atomic E-state index is 13.7. The Kier molecular flexibility index (Phi) is 6.84. The number of aliphatic hydroxyl groups is 1. The van der Waals surface area contributed by atoms with Gasteiger partial charge in [0.2, 0.25) is 17.7 Å². The van der Waals surface area contributed by atoms with E-state index in [0.29, 0.717) is 11.1 Å². The highest BCUT2D eigenvalue weighted by atomic mass is 16.3. The number of pyridine rings is 1. The van der Waals surface area contributed by atoms with Crippen LogP contribution in [-0.4, -0.2) is 51.2 Å². The maximum Gasteiger partial charge on any atom is 0.241 e. The molecule has 0 bridgehead atoms. The summed E-state index contributed by atoms with van der Waals surface area (Å²) in [4.78, 5) is 46.6. The molecule has 0 radical (unpaired) electrons. The maximum absolute atomic E-state index is 13.7. The summed E-state index contributed by atoms with van der Waals surface area (Å²) in [7, 11) is 1.60. The number of aromatic nitrogens is 1. The van der Waals surface area contributed by atoms with Crippen LogP contribution in [-0.2, 0) is 26.3 Å². The van der Waals surface area contributed by atoms with Crippen molar-refractivity contribution in [1.29, 1.82) is 0 Å². The molecule has 174 valence electrons. The lowest BCUT2D eigenvalue weighted by Gasteiger charge is -2.30. The standard InChI is InChI=1S/C27H27N3O4/c1-29(19-23(31)21-8-4-2-5-9-21)24(32)16-27(22-10-6-3-7-11-22)17-25(33)30(26(27)34)18-20-12-14-28-15-13-20/h2-15,23,31H,16-19H2,1H3/t23-,27-/m1/s1. The summed E-state index contributed by atoms with van der Waals surface area (Å²) in [5.74, 6) is -1.01. The molecule has 0 unspecified atom stereocenters. The van der Waals surface area contributed by atoms with E-state index in [2.05, 4.69) is 4.98 Å². The van der Waals surface area contributed by atoms with Crippen molar-refractivity contribution in [1.82, 2.24) is 14.8 Å². The molecule has 1 fully saturated rings. The number of imide groups is 1. The molecular weight excluding hydrogens is 430 g/mol. The van der Waals surface area contributed by atoms with E-state index in [0.717, 1.165) is 5.56 Å². The molecule has 2 atom stereocenters. The second kappa shape index (κ2) is 9.97. The molecule has 0 aliphatic carbocycles. The number of amides is 3. The first-order valence-electron chi connectivity index (χ1n) is 11.2. The summed E-state index contributed by atoms with van der Waals surface area (Å²) >= 11 is 0. The zero-order valence-electron chi connectivity index (χ0n) is 19.0. The summed E-state index contributed by atoms with van der Waals surface area (Å²) < 4.78 is 0. The Morgan fingerprint density at radius 3 is 2.29 bits per heavy atom. The van der Waals surface area contributed by atoms with Gasteiger partial charge in [0.15, 0.2) is 0 Å². The average Bonchev–Trinajstić information content (AvgIpc) is 3.10. The van der Waals surface area contributed by atoms with Crippen LogP contribution in [0.3, 0.4) is 0 Å². The molecule has 1 aliphatic rings. The van der Waals surface area contributed by atoms with Crippen LogP contribution >= 0.6 is 0 Å². The van der Waals surface area contributed by atoms with Gasteiger partial charge in [-0.15, -0.1) is 0 Å². The zero-order valence-corrected chi connectivity index (χ0v) is 19.0. The predicted octanol–water partition coefficient (Wildman–Crippen LogP) is 2.86. The van der Waals surface area contributed by atoms with E-state index in [-0.39, 0.29) is 43.7 Å². The lowest BCUT2D eigenvalue weighted by molar-refractivity contribution is -0.143. The van der Waals surface area contributed by atoms with Crippen molar-refractivity contribution in [3.05, 3.63) is 102 Å². The fourth-order valence-corrected chi connectivity index (χ4v) is 4.39. The van der Waals surface area contributed by atoms with E-state index in [9.17, 15) is 19.5 Å². The van der Waals surface area contributed by atoms with Crippen molar-refractivity contribution in [2.75, 3.05) is 13.6 Å². The van der Waals surface area contributed by atoms with Crippen molar-refractivity contribution in [3.63, 3.8) is 0 Å².